The van der Waals surface area contributed by atoms with E-state index < -0.39 is 0 Å². The number of nitrogens with zero attached hydrogens (tertiary/aromatic N) is 2. The zero-order valence-corrected chi connectivity index (χ0v) is 16.3. The smallest absolute Gasteiger partial charge is 0.238 e. The monoisotopic (exact) mass is 383 g/mol. The molecule has 0 spiro atoms. The third-order valence-corrected chi connectivity index (χ3v) is 5.94. The zero-order valence-electron chi connectivity index (χ0n) is 15.5. The molecule has 2 aromatic carbocycles. The number of rotatable bonds is 5. The lowest BCUT2D eigenvalue weighted by Gasteiger charge is -2.25. The fourth-order valence-electron chi connectivity index (χ4n) is 4.23. The van der Waals surface area contributed by atoms with Crippen LogP contribution in [0.1, 0.15) is 37.3 Å². The molecule has 2 saturated heterocycles. The van der Waals surface area contributed by atoms with Crippen LogP contribution >= 0.6 is 11.6 Å². The summed E-state index contributed by atoms with van der Waals surface area (Å²) in [4.78, 5) is 17.2. The highest BCUT2D eigenvalue weighted by Crippen LogP contribution is 2.35. The lowest BCUT2D eigenvalue weighted by atomic mass is 10.0. The molecule has 1 N–H and O–H groups in total. The van der Waals surface area contributed by atoms with E-state index in [1.165, 1.54) is 18.5 Å². The minimum atomic E-state index is 0.0304. The van der Waals surface area contributed by atoms with E-state index in [-0.39, 0.29) is 11.9 Å². The summed E-state index contributed by atoms with van der Waals surface area (Å²) in [6.07, 6.45) is 4.66. The molecule has 2 fully saturated rings. The lowest BCUT2D eigenvalue weighted by Crippen LogP contribution is -2.33. The Hall–Kier alpha value is -2.04. The molecule has 2 heterocycles. The van der Waals surface area contributed by atoms with Crippen LogP contribution in [0.2, 0.25) is 5.02 Å². The molecular weight excluding hydrogens is 358 g/mol. The molecule has 0 aliphatic carbocycles. The molecule has 2 aliphatic heterocycles. The second kappa shape index (κ2) is 8.32. The molecule has 2 aliphatic rings. The Bertz CT molecular complexity index is 786. The van der Waals surface area contributed by atoms with E-state index in [0.29, 0.717) is 6.54 Å². The molecule has 1 amide bonds. The van der Waals surface area contributed by atoms with Gasteiger partial charge in [0.2, 0.25) is 5.91 Å². The second-order valence-electron chi connectivity index (χ2n) is 7.44. The zero-order chi connectivity index (χ0) is 18.6. The summed E-state index contributed by atoms with van der Waals surface area (Å²) in [5, 5.41) is 3.83. The van der Waals surface area contributed by atoms with Crippen molar-refractivity contribution in [2.45, 2.75) is 31.7 Å². The third kappa shape index (κ3) is 4.28. The van der Waals surface area contributed by atoms with Crippen molar-refractivity contribution in [2.24, 2.45) is 0 Å². The van der Waals surface area contributed by atoms with Crippen LogP contribution in [0.3, 0.4) is 0 Å². The first-order chi connectivity index (χ1) is 13.2. The number of nitrogens with one attached hydrogen (secondary N) is 1. The summed E-state index contributed by atoms with van der Waals surface area (Å²) >= 11 is 6.37. The summed E-state index contributed by atoms with van der Waals surface area (Å²) < 4.78 is 0. The van der Waals surface area contributed by atoms with Crippen molar-refractivity contribution in [3.8, 4) is 0 Å². The fraction of sp³-hybridized carbons (Fsp3) is 0.409. The van der Waals surface area contributed by atoms with Crippen molar-refractivity contribution in [1.82, 2.24) is 4.90 Å². The summed E-state index contributed by atoms with van der Waals surface area (Å²) in [6, 6.07) is 16.4. The average Bonchev–Trinajstić information content (AvgIpc) is 3.35. The maximum atomic E-state index is 12.6. The van der Waals surface area contributed by atoms with Gasteiger partial charge in [0, 0.05) is 35.5 Å². The van der Waals surface area contributed by atoms with E-state index in [1.807, 2.05) is 30.3 Å². The Morgan fingerprint density at radius 2 is 1.74 bits per heavy atom. The van der Waals surface area contributed by atoms with Crippen molar-refractivity contribution in [3.05, 3.63) is 59.1 Å². The third-order valence-electron chi connectivity index (χ3n) is 5.60. The Morgan fingerprint density at radius 3 is 2.48 bits per heavy atom. The van der Waals surface area contributed by atoms with Crippen molar-refractivity contribution in [2.75, 3.05) is 36.4 Å². The molecular formula is C22H26ClN3O. The largest absolute Gasteiger partial charge is 0.372 e. The summed E-state index contributed by atoms with van der Waals surface area (Å²) in [5.41, 5.74) is 3.22. The normalized spacial score (nSPS) is 20.2. The maximum absolute atomic E-state index is 12.6. The first-order valence-corrected chi connectivity index (χ1v) is 10.2. The van der Waals surface area contributed by atoms with E-state index in [1.54, 1.807) is 0 Å². The predicted molar refractivity (Wildman–Crippen MR) is 112 cm³/mol. The molecule has 1 atom stereocenters. The molecule has 142 valence electrons. The predicted octanol–water partition coefficient (Wildman–Crippen LogP) is 4.72. The molecule has 1 unspecified atom stereocenters. The van der Waals surface area contributed by atoms with Crippen LogP contribution < -0.4 is 10.2 Å². The van der Waals surface area contributed by atoms with Gasteiger partial charge in [-0.2, -0.15) is 0 Å². The van der Waals surface area contributed by atoms with Gasteiger partial charge in [-0.15, -0.1) is 0 Å². The minimum absolute atomic E-state index is 0.0304. The molecule has 27 heavy (non-hydrogen) atoms. The number of halogens is 1. The van der Waals surface area contributed by atoms with Gasteiger partial charge in [-0.05, 0) is 68.1 Å². The van der Waals surface area contributed by atoms with Crippen molar-refractivity contribution >= 4 is 28.9 Å². The molecule has 4 nitrogen and oxygen atoms in total. The van der Waals surface area contributed by atoms with Crippen LogP contribution in [0.25, 0.3) is 0 Å². The van der Waals surface area contributed by atoms with E-state index in [4.69, 9.17) is 11.6 Å². The molecule has 4 rings (SSSR count). The number of carbonyl (C=O) groups is 1. The molecule has 5 heteroatoms. The Kier molecular flexibility index (Phi) is 5.65. The van der Waals surface area contributed by atoms with Crippen molar-refractivity contribution in [3.63, 3.8) is 0 Å². The van der Waals surface area contributed by atoms with Crippen LogP contribution in [0.5, 0.6) is 0 Å². The van der Waals surface area contributed by atoms with Crippen LogP contribution in [-0.2, 0) is 4.79 Å². The average molecular weight is 384 g/mol. The highest BCUT2D eigenvalue weighted by Gasteiger charge is 2.28. The van der Waals surface area contributed by atoms with Crippen LogP contribution in [0.15, 0.2) is 48.5 Å². The number of hydrogen-bond donors (Lipinski definition) is 1. The van der Waals surface area contributed by atoms with Gasteiger partial charge in [-0.1, -0.05) is 29.8 Å². The van der Waals surface area contributed by atoms with E-state index >= 15 is 0 Å². The number of amides is 1. The number of hydrogen-bond acceptors (Lipinski definition) is 3. The summed E-state index contributed by atoms with van der Waals surface area (Å²) in [6.45, 7) is 3.58. The van der Waals surface area contributed by atoms with Gasteiger partial charge in [-0.25, -0.2) is 0 Å². The van der Waals surface area contributed by atoms with Gasteiger partial charge in [0.05, 0.1) is 6.54 Å². The van der Waals surface area contributed by atoms with Crippen LogP contribution in [0.4, 0.5) is 11.4 Å². The van der Waals surface area contributed by atoms with Crippen molar-refractivity contribution in [1.29, 1.82) is 0 Å². The van der Waals surface area contributed by atoms with Gasteiger partial charge in [0.15, 0.2) is 0 Å². The molecule has 0 radical (unpaired) electrons. The summed E-state index contributed by atoms with van der Waals surface area (Å²) in [5.74, 6) is 0.0304. The molecule has 0 bridgehead atoms. The number of carbonyl (C=O) groups excluding carboxylic acids is 1. The van der Waals surface area contributed by atoms with Gasteiger partial charge < -0.3 is 10.2 Å². The quantitative estimate of drug-likeness (QED) is 0.811. The van der Waals surface area contributed by atoms with Crippen LogP contribution in [0, 0.1) is 0 Å². The molecule has 0 saturated carbocycles. The first kappa shape index (κ1) is 18.3. The van der Waals surface area contributed by atoms with Gasteiger partial charge in [0.25, 0.3) is 0 Å². The SMILES string of the molecule is O=C(CN1CCCC1c1ccccc1Cl)Nc1ccc(N2CCCC2)cc1. The number of anilines is 2. The Balaban J connectivity index is 1.36. The Labute approximate surface area is 166 Å². The first-order valence-electron chi connectivity index (χ1n) is 9.84. The summed E-state index contributed by atoms with van der Waals surface area (Å²) in [7, 11) is 0. The molecule has 2 aromatic rings. The number of likely N-dealkylation sites (tertiary alicyclic amines) is 1. The topological polar surface area (TPSA) is 35.6 Å². The van der Waals surface area contributed by atoms with Gasteiger partial charge in [-0.3, -0.25) is 9.69 Å². The maximum Gasteiger partial charge on any atom is 0.238 e. The standard InChI is InChI=1S/C22H26ClN3O/c23-20-7-2-1-6-19(20)21-8-5-15-26(21)16-22(27)24-17-9-11-18(12-10-17)25-13-3-4-14-25/h1-2,6-7,9-12,21H,3-5,8,13-16H2,(H,24,27). The van der Waals surface area contributed by atoms with Crippen molar-refractivity contribution < 1.29 is 4.79 Å². The second-order valence-corrected chi connectivity index (χ2v) is 7.85. The highest BCUT2D eigenvalue weighted by molar-refractivity contribution is 6.31. The lowest BCUT2D eigenvalue weighted by molar-refractivity contribution is -0.117. The van der Waals surface area contributed by atoms with E-state index in [9.17, 15) is 4.79 Å². The van der Waals surface area contributed by atoms with Gasteiger partial charge >= 0.3 is 0 Å². The number of benzene rings is 2. The minimum Gasteiger partial charge on any atom is -0.372 e. The van der Waals surface area contributed by atoms with E-state index in [0.717, 1.165) is 48.7 Å². The van der Waals surface area contributed by atoms with E-state index in [2.05, 4.69) is 33.3 Å². The Morgan fingerprint density at radius 1 is 1.00 bits per heavy atom. The van der Waals surface area contributed by atoms with Gasteiger partial charge in [0.1, 0.15) is 0 Å². The van der Waals surface area contributed by atoms with Crippen LogP contribution in [-0.4, -0.2) is 37.0 Å². The molecule has 0 aromatic heterocycles. The fourth-order valence-corrected chi connectivity index (χ4v) is 4.49. The highest BCUT2D eigenvalue weighted by atomic mass is 35.5.